The van der Waals surface area contributed by atoms with E-state index in [0.29, 0.717) is 0 Å². The lowest BCUT2D eigenvalue weighted by atomic mass is 9.67. The minimum absolute atomic E-state index is 0.623. The van der Waals surface area contributed by atoms with Gasteiger partial charge in [-0.25, -0.2) is 0 Å². The van der Waals surface area contributed by atoms with E-state index >= 15 is 0 Å². The van der Waals surface area contributed by atoms with E-state index in [1.807, 2.05) is 0 Å². The highest BCUT2D eigenvalue weighted by molar-refractivity contribution is 6.22. The van der Waals surface area contributed by atoms with Crippen LogP contribution in [-0.2, 0) is 5.41 Å². The maximum Gasteiger partial charge on any atom is 0.0714 e. The molecule has 4 nitrogen and oxygen atoms in total. The molecule has 87 heavy (non-hydrogen) atoms. The normalized spacial score (nSPS) is 12.5. The number of nitrogens with zero attached hydrogens (tertiary/aromatic N) is 4. The first-order valence-corrected chi connectivity index (χ1v) is 30.0. The van der Waals surface area contributed by atoms with Crippen molar-refractivity contribution in [2.45, 2.75) is 5.41 Å². The molecule has 0 saturated carbocycles. The Morgan fingerprint density at radius 2 is 0.724 bits per heavy atom. The lowest BCUT2D eigenvalue weighted by Crippen LogP contribution is -2.28. The molecule has 0 spiro atoms. The van der Waals surface area contributed by atoms with E-state index in [1.165, 1.54) is 71.2 Å². The summed E-state index contributed by atoms with van der Waals surface area (Å²) in [5.41, 5.74) is 22.1. The molecule has 2 aromatic heterocycles. The molecule has 0 aliphatic heterocycles. The Hall–Kier alpha value is -11.5. The average Bonchev–Trinajstić information content (AvgIpc) is 1.61. The lowest BCUT2D eigenvalue weighted by molar-refractivity contribution is 0.768. The highest BCUT2D eigenvalue weighted by Gasteiger charge is 2.46. The third-order valence-corrected chi connectivity index (χ3v) is 18.1. The minimum atomic E-state index is -0.623. The van der Waals surface area contributed by atoms with Crippen LogP contribution in [0.2, 0.25) is 0 Å². The first kappa shape index (κ1) is 50.1. The van der Waals surface area contributed by atoms with Crippen LogP contribution in [0.5, 0.6) is 0 Å². The highest BCUT2D eigenvalue weighted by atomic mass is 15.2. The zero-order valence-electron chi connectivity index (χ0n) is 47.6. The van der Waals surface area contributed by atoms with Gasteiger partial charge >= 0.3 is 0 Å². The Balaban J connectivity index is 0.978. The van der Waals surface area contributed by atoms with Crippen LogP contribution in [0.15, 0.2) is 340 Å². The molecule has 16 aromatic rings. The maximum absolute atomic E-state index is 2.52. The second-order valence-corrected chi connectivity index (χ2v) is 22.8. The van der Waals surface area contributed by atoms with Crippen LogP contribution in [0.3, 0.4) is 0 Å². The van der Waals surface area contributed by atoms with E-state index in [0.717, 1.165) is 73.2 Å². The number of anilines is 6. The molecule has 408 valence electrons. The van der Waals surface area contributed by atoms with E-state index in [-0.39, 0.29) is 0 Å². The van der Waals surface area contributed by atoms with Crippen molar-refractivity contribution in [1.29, 1.82) is 0 Å². The van der Waals surface area contributed by atoms with Gasteiger partial charge in [-0.05, 0) is 164 Å². The fourth-order valence-electron chi connectivity index (χ4n) is 14.4. The van der Waals surface area contributed by atoms with Gasteiger partial charge in [0.05, 0.1) is 27.5 Å². The highest BCUT2D eigenvalue weighted by Crippen LogP contribution is 2.58. The van der Waals surface area contributed by atoms with E-state index in [1.54, 1.807) is 0 Å². The Bertz CT molecular complexity index is 5190. The molecule has 0 N–H and O–H groups in total. The van der Waals surface area contributed by atoms with Gasteiger partial charge in [0.15, 0.2) is 0 Å². The summed E-state index contributed by atoms with van der Waals surface area (Å²) in [5, 5.41) is 7.34. The number of hydrogen-bond donors (Lipinski definition) is 0. The van der Waals surface area contributed by atoms with Crippen LogP contribution >= 0.6 is 0 Å². The Labute approximate surface area is 505 Å². The molecule has 0 unspecified atom stereocenters. The topological polar surface area (TPSA) is 16.3 Å². The maximum atomic E-state index is 2.52. The van der Waals surface area contributed by atoms with Gasteiger partial charge in [-0.3, -0.25) is 0 Å². The molecule has 17 rings (SSSR count). The molecule has 0 radical (unpaired) electrons. The first-order chi connectivity index (χ1) is 43.2. The molecular weight excluding hydrogens is 1050 g/mol. The number of fused-ring (bicyclic) bond motifs is 11. The molecule has 0 atom stereocenters. The SMILES string of the molecule is c1ccc(N(c2ccccc2)c2cc(-c3ccc4c5c6ccccc6ccc5n(-c5ccccc5)c4c3)cc(N(c3ccc4c(c3)C(c3ccccc3)(c3ccccc3)c3ccccc3-4)c3ccc4c5ccccc5n(-c5ccccc5)c4c3)c2)cc1. The van der Waals surface area contributed by atoms with E-state index in [2.05, 4.69) is 359 Å². The molecular formula is C83H56N4. The zero-order chi connectivity index (χ0) is 57.4. The summed E-state index contributed by atoms with van der Waals surface area (Å²) in [5.74, 6) is 0. The second-order valence-electron chi connectivity index (χ2n) is 22.8. The Kier molecular flexibility index (Phi) is 11.8. The van der Waals surface area contributed by atoms with Crippen molar-refractivity contribution in [2.24, 2.45) is 0 Å². The molecule has 0 bridgehead atoms. The number of rotatable bonds is 11. The van der Waals surface area contributed by atoms with Gasteiger partial charge in [-0.2, -0.15) is 0 Å². The monoisotopic (exact) mass is 1110 g/mol. The van der Waals surface area contributed by atoms with Crippen molar-refractivity contribution in [3.63, 3.8) is 0 Å². The summed E-state index contributed by atoms with van der Waals surface area (Å²) in [6.07, 6.45) is 0. The van der Waals surface area contributed by atoms with Gasteiger partial charge in [0, 0.05) is 67.0 Å². The third-order valence-electron chi connectivity index (χ3n) is 18.1. The van der Waals surface area contributed by atoms with Gasteiger partial charge in [0.25, 0.3) is 0 Å². The van der Waals surface area contributed by atoms with Crippen LogP contribution in [0.25, 0.3) is 88.0 Å². The van der Waals surface area contributed by atoms with Crippen LogP contribution < -0.4 is 9.80 Å². The van der Waals surface area contributed by atoms with E-state index in [9.17, 15) is 0 Å². The van der Waals surface area contributed by atoms with Crippen LogP contribution in [0.1, 0.15) is 22.3 Å². The molecule has 1 aliphatic rings. The first-order valence-electron chi connectivity index (χ1n) is 30.0. The minimum Gasteiger partial charge on any atom is -0.310 e. The number of aromatic nitrogens is 2. The number of para-hydroxylation sites is 5. The van der Waals surface area contributed by atoms with Crippen molar-refractivity contribution in [1.82, 2.24) is 9.13 Å². The van der Waals surface area contributed by atoms with Gasteiger partial charge in [-0.15, -0.1) is 0 Å². The van der Waals surface area contributed by atoms with E-state index in [4.69, 9.17) is 0 Å². The Morgan fingerprint density at radius 3 is 1.39 bits per heavy atom. The standard InChI is InChI=1S/C83H56N4/c1-7-26-60(27-8-1)83(61-28-9-2-10-29-61)76-41-23-21-39-71(76)72-48-45-66(55-77(72)83)85(67-46-49-74-73-40-22-24-42-78(73)86(81(74)56-67)64-34-15-5-16-35-64)69-52-59(51-68(54-69)84(62-30-11-3-12-31-62)63-32-13-4-14-33-63)58-43-47-75-80(53-58)87(65-36-17-6-18-37-65)79-50-44-57-25-19-20-38-70(57)82(75)79/h1-56H. The molecule has 1 aliphatic carbocycles. The fraction of sp³-hybridized carbons (Fsp3) is 0.0120. The Morgan fingerprint density at radius 1 is 0.241 bits per heavy atom. The van der Waals surface area contributed by atoms with Crippen LogP contribution in [0, 0.1) is 0 Å². The van der Waals surface area contributed by atoms with Crippen molar-refractivity contribution < 1.29 is 0 Å². The summed E-state index contributed by atoms with van der Waals surface area (Å²) < 4.78 is 4.88. The van der Waals surface area contributed by atoms with Gasteiger partial charge in [0.1, 0.15) is 0 Å². The molecule has 0 amide bonds. The second kappa shape index (κ2) is 20.4. The molecule has 2 heterocycles. The fourth-order valence-corrected chi connectivity index (χ4v) is 14.4. The van der Waals surface area contributed by atoms with Crippen LogP contribution in [0.4, 0.5) is 34.1 Å². The van der Waals surface area contributed by atoms with Crippen molar-refractivity contribution in [3.8, 4) is 33.6 Å². The quantitative estimate of drug-likeness (QED) is 0.128. The number of hydrogen-bond acceptors (Lipinski definition) is 2. The molecule has 14 aromatic carbocycles. The van der Waals surface area contributed by atoms with Crippen molar-refractivity contribution in [3.05, 3.63) is 362 Å². The summed E-state index contributed by atoms with van der Waals surface area (Å²) >= 11 is 0. The van der Waals surface area contributed by atoms with Gasteiger partial charge in [0.2, 0.25) is 0 Å². The molecule has 0 fully saturated rings. The van der Waals surface area contributed by atoms with Crippen molar-refractivity contribution >= 4 is 88.5 Å². The lowest BCUT2D eigenvalue weighted by Gasteiger charge is -2.35. The summed E-state index contributed by atoms with van der Waals surface area (Å²) in [6.45, 7) is 0. The predicted molar refractivity (Wildman–Crippen MR) is 365 cm³/mol. The largest absolute Gasteiger partial charge is 0.310 e. The third kappa shape index (κ3) is 7.99. The van der Waals surface area contributed by atoms with Crippen LogP contribution in [-0.4, -0.2) is 9.13 Å². The zero-order valence-corrected chi connectivity index (χ0v) is 47.6. The summed E-state index contributed by atoms with van der Waals surface area (Å²) in [4.78, 5) is 4.92. The van der Waals surface area contributed by atoms with E-state index < -0.39 is 5.41 Å². The molecule has 4 heteroatoms. The average molecular weight is 1110 g/mol. The summed E-state index contributed by atoms with van der Waals surface area (Å²) in [7, 11) is 0. The smallest absolute Gasteiger partial charge is 0.0714 e. The predicted octanol–water partition coefficient (Wildman–Crippen LogP) is 22.0. The number of benzene rings is 14. The van der Waals surface area contributed by atoms with Gasteiger partial charge < -0.3 is 18.9 Å². The van der Waals surface area contributed by atoms with Gasteiger partial charge in [-0.1, -0.05) is 231 Å². The van der Waals surface area contributed by atoms with Crippen molar-refractivity contribution in [2.75, 3.05) is 9.80 Å². The summed E-state index contributed by atoms with van der Waals surface area (Å²) in [6, 6.07) is 125. The molecule has 0 saturated heterocycles.